The Kier molecular flexibility index (Phi) is 1.46. The topological polar surface area (TPSA) is 17.1 Å². The monoisotopic (exact) mass is 178 g/mol. The maximum atomic E-state index is 11.9. The number of rotatable bonds is 0. The van der Waals surface area contributed by atoms with Crippen molar-refractivity contribution in [3.05, 3.63) is 0 Å². The van der Waals surface area contributed by atoms with Crippen LogP contribution in [0.2, 0.25) is 0 Å². The molecule has 0 bridgehead atoms. The van der Waals surface area contributed by atoms with Crippen molar-refractivity contribution < 1.29 is 4.79 Å². The highest BCUT2D eigenvalue weighted by Gasteiger charge is 2.60. The summed E-state index contributed by atoms with van der Waals surface area (Å²) in [5.41, 5.74) is 0.510. The molecule has 0 aromatic heterocycles. The highest BCUT2D eigenvalue weighted by molar-refractivity contribution is 5.85. The molecule has 3 aliphatic carbocycles. The van der Waals surface area contributed by atoms with Crippen LogP contribution < -0.4 is 0 Å². The summed E-state index contributed by atoms with van der Waals surface area (Å²) in [5.74, 6) is 2.56. The van der Waals surface area contributed by atoms with Gasteiger partial charge in [0.25, 0.3) is 0 Å². The fraction of sp³-hybridized carbons (Fsp3) is 0.917. The lowest BCUT2D eigenvalue weighted by Gasteiger charge is -2.29. The molecule has 0 aromatic carbocycles. The molecular weight excluding hydrogens is 160 g/mol. The maximum absolute atomic E-state index is 11.9. The number of carbonyl (C=O) groups excluding carboxylic acids is 1. The molecule has 0 heterocycles. The van der Waals surface area contributed by atoms with Gasteiger partial charge in [-0.25, -0.2) is 0 Å². The van der Waals surface area contributed by atoms with Gasteiger partial charge in [-0.2, -0.15) is 0 Å². The first-order chi connectivity index (χ1) is 6.24. The molecule has 0 saturated heterocycles. The first-order valence-electron chi connectivity index (χ1n) is 5.77. The molecule has 72 valence electrons. The van der Waals surface area contributed by atoms with Crippen molar-refractivity contribution in [2.45, 2.75) is 45.4 Å². The van der Waals surface area contributed by atoms with Crippen LogP contribution in [0.25, 0.3) is 0 Å². The van der Waals surface area contributed by atoms with Crippen LogP contribution in [0.3, 0.4) is 0 Å². The van der Waals surface area contributed by atoms with E-state index < -0.39 is 0 Å². The molecule has 4 atom stereocenters. The van der Waals surface area contributed by atoms with Crippen molar-refractivity contribution in [2.75, 3.05) is 0 Å². The molecule has 3 saturated carbocycles. The number of hydrogen-bond acceptors (Lipinski definition) is 1. The number of hydrogen-bond donors (Lipinski definition) is 0. The highest BCUT2D eigenvalue weighted by Crippen LogP contribution is 2.64. The summed E-state index contributed by atoms with van der Waals surface area (Å²) in [7, 11) is 0. The zero-order valence-electron chi connectivity index (χ0n) is 8.38. The van der Waals surface area contributed by atoms with Gasteiger partial charge in [-0.3, -0.25) is 4.79 Å². The van der Waals surface area contributed by atoms with E-state index in [1.165, 1.54) is 32.1 Å². The normalized spacial score (nSPS) is 53.9. The lowest BCUT2D eigenvalue weighted by Crippen LogP contribution is -2.26. The number of carbonyl (C=O) groups is 1. The van der Waals surface area contributed by atoms with Gasteiger partial charge in [-0.15, -0.1) is 0 Å². The third kappa shape index (κ3) is 0.812. The third-order valence-electron chi connectivity index (χ3n) is 5.06. The molecule has 0 radical (unpaired) electrons. The van der Waals surface area contributed by atoms with Gasteiger partial charge >= 0.3 is 0 Å². The van der Waals surface area contributed by atoms with Crippen LogP contribution in [-0.2, 0) is 4.79 Å². The molecule has 1 spiro atoms. The Morgan fingerprint density at radius 2 is 2.15 bits per heavy atom. The molecule has 3 aliphatic rings. The summed E-state index contributed by atoms with van der Waals surface area (Å²) in [6.45, 7) is 2.29. The van der Waals surface area contributed by atoms with E-state index in [2.05, 4.69) is 6.92 Å². The van der Waals surface area contributed by atoms with Gasteiger partial charge in [0, 0.05) is 12.3 Å². The van der Waals surface area contributed by atoms with E-state index in [-0.39, 0.29) is 0 Å². The van der Waals surface area contributed by atoms with Gasteiger partial charge in [0.15, 0.2) is 0 Å². The van der Waals surface area contributed by atoms with E-state index in [1.54, 1.807) is 0 Å². The molecule has 0 aromatic rings. The van der Waals surface area contributed by atoms with Crippen LogP contribution >= 0.6 is 0 Å². The second kappa shape index (κ2) is 2.37. The minimum atomic E-state index is 0.472. The van der Waals surface area contributed by atoms with Crippen molar-refractivity contribution in [2.24, 2.45) is 23.2 Å². The Hall–Kier alpha value is -0.330. The van der Waals surface area contributed by atoms with E-state index >= 15 is 0 Å². The van der Waals surface area contributed by atoms with Crippen LogP contribution in [-0.4, -0.2) is 5.78 Å². The molecule has 13 heavy (non-hydrogen) atoms. The number of Topliss-reactive ketones (excluding diaryl/α,β-unsaturated/α-hetero) is 1. The molecule has 1 heteroatoms. The summed E-state index contributed by atoms with van der Waals surface area (Å²) >= 11 is 0. The summed E-state index contributed by atoms with van der Waals surface area (Å²) in [5, 5.41) is 0. The smallest absolute Gasteiger partial charge is 0.137 e. The SMILES string of the molecule is C[C@H]1CC[C@]23CCC[C@H]2CC(=O)[C@H]13. The first-order valence-corrected chi connectivity index (χ1v) is 5.77. The summed E-state index contributed by atoms with van der Waals surface area (Å²) in [6, 6.07) is 0. The Balaban J connectivity index is 2.03. The van der Waals surface area contributed by atoms with Gasteiger partial charge in [0.2, 0.25) is 0 Å². The van der Waals surface area contributed by atoms with Crippen LogP contribution in [0.4, 0.5) is 0 Å². The average Bonchev–Trinajstić information content (AvgIpc) is 2.65. The quantitative estimate of drug-likeness (QED) is 0.557. The predicted molar refractivity (Wildman–Crippen MR) is 51.3 cm³/mol. The van der Waals surface area contributed by atoms with E-state index in [0.29, 0.717) is 23.0 Å². The third-order valence-corrected chi connectivity index (χ3v) is 5.06. The average molecular weight is 178 g/mol. The van der Waals surface area contributed by atoms with Crippen LogP contribution in [0, 0.1) is 23.2 Å². The van der Waals surface area contributed by atoms with E-state index in [1.807, 2.05) is 0 Å². The minimum Gasteiger partial charge on any atom is -0.299 e. The summed E-state index contributed by atoms with van der Waals surface area (Å²) < 4.78 is 0. The van der Waals surface area contributed by atoms with Crippen LogP contribution in [0.15, 0.2) is 0 Å². The molecule has 0 unspecified atom stereocenters. The zero-order valence-corrected chi connectivity index (χ0v) is 8.38. The molecule has 3 fully saturated rings. The molecular formula is C12H18O. The maximum Gasteiger partial charge on any atom is 0.137 e. The molecule has 0 amide bonds. The lowest BCUT2D eigenvalue weighted by atomic mass is 9.74. The second-order valence-electron chi connectivity index (χ2n) is 5.49. The molecule has 0 aliphatic heterocycles. The van der Waals surface area contributed by atoms with Crippen molar-refractivity contribution in [1.29, 1.82) is 0 Å². The van der Waals surface area contributed by atoms with Gasteiger partial charge < -0.3 is 0 Å². The standard InChI is InChI=1S/C12H18O/c1-8-4-6-12-5-2-3-9(12)7-10(13)11(8)12/h8-9,11H,2-7H2,1H3/t8-,9-,11-,12+/m0/s1. The second-order valence-corrected chi connectivity index (χ2v) is 5.49. The number of ketones is 1. The van der Waals surface area contributed by atoms with Gasteiger partial charge in [0.05, 0.1) is 0 Å². The van der Waals surface area contributed by atoms with E-state index in [4.69, 9.17) is 0 Å². The Bertz CT molecular complexity index is 258. The summed E-state index contributed by atoms with van der Waals surface area (Å²) in [6.07, 6.45) is 7.69. The molecule has 0 N–H and O–H groups in total. The van der Waals surface area contributed by atoms with Crippen molar-refractivity contribution in [3.63, 3.8) is 0 Å². The lowest BCUT2D eigenvalue weighted by molar-refractivity contribution is -0.122. The predicted octanol–water partition coefficient (Wildman–Crippen LogP) is 2.79. The molecule has 3 rings (SSSR count). The van der Waals surface area contributed by atoms with Crippen molar-refractivity contribution in [3.8, 4) is 0 Å². The van der Waals surface area contributed by atoms with Gasteiger partial charge in [-0.05, 0) is 42.9 Å². The minimum absolute atomic E-state index is 0.472. The van der Waals surface area contributed by atoms with E-state index in [9.17, 15) is 4.79 Å². The fourth-order valence-electron chi connectivity index (χ4n) is 4.61. The van der Waals surface area contributed by atoms with E-state index in [0.717, 1.165) is 12.3 Å². The van der Waals surface area contributed by atoms with Crippen LogP contribution in [0.5, 0.6) is 0 Å². The van der Waals surface area contributed by atoms with Gasteiger partial charge in [-0.1, -0.05) is 13.3 Å². The largest absolute Gasteiger partial charge is 0.299 e. The Morgan fingerprint density at radius 1 is 1.31 bits per heavy atom. The molecule has 1 nitrogen and oxygen atoms in total. The fourth-order valence-corrected chi connectivity index (χ4v) is 4.61. The highest BCUT2D eigenvalue weighted by atomic mass is 16.1. The first kappa shape index (κ1) is 8.02. The Morgan fingerprint density at radius 3 is 3.00 bits per heavy atom. The van der Waals surface area contributed by atoms with Gasteiger partial charge in [0.1, 0.15) is 5.78 Å². The van der Waals surface area contributed by atoms with Crippen LogP contribution in [0.1, 0.15) is 45.4 Å². The summed E-state index contributed by atoms with van der Waals surface area (Å²) in [4.78, 5) is 11.9. The van der Waals surface area contributed by atoms with Crippen molar-refractivity contribution >= 4 is 5.78 Å². The Labute approximate surface area is 79.9 Å². The van der Waals surface area contributed by atoms with Crippen molar-refractivity contribution in [1.82, 2.24) is 0 Å². The zero-order chi connectivity index (χ0) is 9.05.